The molecule has 1 fully saturated rings. The van der Waals surface area contributed by atoms with Gasteiger partial charge in [-0.2, -0.15) is 8.42 Å². The fourth-order valence-corrected chi connectivity index (χ4v) is 5.09. The lowest BCUT2D eigenvalue weighted by Gasteiger charge is -2.29. The van der Waals surface area contributed by atoms with Gasteiger partial charge in [0.2, 0.25) is 5.91 Å². The van der Waals surface area contributed by atoms with Gasteiger partial charge in [-0.25, -0.2) is 14.4 Å². The summed E-state index contributed by atoms with van der Waals surface area (Å²) in [5, 5.41) is 17.8. The molecule has 14 nitrogen and oxygen atoms in total. The van der Waals surface area contributed by atoms with Crippen LogP contribution < -0.4 is 15.4 Å². The molecular formula is C29H32FN5O9S. The quantitative estimate of drug-likeness (QED) is 0.0910. The van der Waals surface area contributed by atoms with E-state index in [2.05, 4.69) is 25.8 Å². The highest BCUT2D eigenvalue weighted by Crippen LogP contribution is 2.19. The molecule has 0 aliphatic carbocycles. The predicted octanol–water partition coefficient (Wildman–Crippen LogP) is 2.00. The van der Waals surface area contributed by atoms with E-state index >= 15 is 0 Å². The maximum atomic E-state index is 13.7. The highest BCUT2D eigenvalue weighted by atomic mass is 32.2. The number of amides is 2. The topological polar surface area (TPSA) is 188 Å². The molecule has 0 spiro atoms. The van der Waals surface area contributed by atoms with Gasteiger partial charge in [0.25, 0.3) is 16.0 Å². The van der Waals surface area contributed by atoms with Crippen LogP contribution in [0.3, 0.4) is 0 Å². The molecule has 0 saturated carbocycles. The zero-order valence-electron chi connectivity index (χ0n) is 24.7. The van der Waals surface area contributed by atoms with E-state index in [1.165, 1.54) is 50.4 Å². The Hall–Kier alpha value is -4.51. The van der Waals surface area contributed by atoms with Gasteiger partial charge in [-0.3, -0.25) is 13.8 Å². The first-order valence-corrected chi connectivity index (χ1v) is 15.1. The Labute approximate surface area is 258 Å². The number of carbonyl (C=O) groups is 2. The second kappa shape index (κ2) is 15.0. The summed E-state index contributed by atoms with van der Waals surface area (Å²) < 4.78 is 59.8. The molecule has 2 aromatic carbocycles. The number of benzene rings is 2. The Morgan fingerprint density at radius 2 is 1.73 bits per heavy atom. The third-order valence-electron chi connectivity index (χ3n) is 6.51. The molecule has 2 atom stereocenters. The number of aromatic nitrogens is 2. The van der Waals surface area contributed by atoms with E-state index in [0.29, 0.717) is 5.56 Å². The van der Waals surface area contributed by atoms with E-state index in [0.717, 1.165) is 5.56 Å². The van der Waals surface area contributed by atoms with Crippen LogP contribution in [-0.2, 0) is 35.1 Å². The van der Waals surface area contributed by atoms with E-state index in [4.69, 9.17) is 18.4 Å². The minimum atomic E-state index is -3.97. The van der Waals surface area contributed by atoms with Gasteiger partial charge in [0.05, 0.1) is 44.4 Å². The van der Waals surface area contributed by atoms with Gasteiger partial charge in [0.1, 0.15) is 23.3 Å². The molecular weight excluding hydrogens is 613 g/mol. The zero-order valence-corrected chi connectivity index (χ0v) is 25.5. The molecule has 0 unspecified atom stereocenters. The van der Waals surface area contributed by atoms with Crippen LogP contribution >= 0.6 is 0 Å². The molecule has 1 aliphatic rings. The average molecular weight is 646 g/mol. The predicted molar refractivity (Wildman–Crippen MR) is 156 cm³/mol. The minimum absolute atomic E-state index is 0.0173. The van der Waals surface area contributed by atoms with Crippen molar-refractivity contribution in [3.05, 3.63) is 82.7 Å². The van der Waals surface area contributed by atoms with Gasteiger partial charge in [-0.1, -0.05) is 28.9 Å². The highest BCUT2D eigenvalue weighted by Gasteiger charge is 2.27. The summed E-state index contributed by atoms with van der Waals surface area (Å²) in [6.07, 6.45) is -1.53. The number of hydrogen-bond acceptors (Lipinski definition) is 12. The number of amidine groups is 1. The SMILES string of the molecule is COc1cc(CNC(=O)c2cc(/C(=N\O)NC(=O)C[C@H]3CO[C@H](COS(=O)(=O)c4ccc(C)cc4)CO3)nc(C)n2)ccc1F. The van der Waals surface area contributed by atoms with Crippen molar-refractivity contribution < 1.29 is 46.0 Å². The fraction of sp³-hybridized carbons (Fsp3) is 0.345. The first-order chi connectivity index (χ1) is 21.5. The Morgan fingerprint density at radius 3 is 2.40 bits per heavy atom. The van der Waals surface area contributed by atoms with Gasteiger partial charge in [-0.15, -0.1) is 0 Å². The zero-order chi connectivity index (χ0) is 32.6. The van der Waals surface area contributed by atoms with Crippen LogP contribution in [0.15, 0.2) is 58.6 Å². The number of oxime groups is 1. The molecule has 0 bridgehead atoms. The number of aryl methyl sites for hydroxylation is 2. The number of methoxy groups -OCH3 is 1. The van der Waals surface area contributed by atoms with Crippen LogP contribution in [0.4, 0.5) is 4.39 Å². The first-order valence-electron chi connectivity index (χ1n) is 13.6. The van der Waals surface area contributed by atoms with Crippen molar-refractivity contribution in [1.29, 1.82) is 0 Å². The van der Waals surface area contributed by atoms with E-state index in [-0.39, 0.29) is 66.5 Å². The second-order valence-corrected chi connectivity index (χ2v) is 11.6. The smallest absolute Gasteiger partial charge is 0.297 e. The fourth-order valence-electron chi connectivity index (χ4n) is 4.16. The molecule has 45 heavy (non-hydrogen) atoms. The van der Waals surface area contributed by atoms with Crippen LogP contribution in [0.1, 0.15) is 39.6 Å². The first kappa shape index (κ1) is 33.4. The molecule has 1 aliphatic heterocycles. The lowest BCUT2D eigenvalue weighted by Crippen LogP contribution is -2.42. The average Bonchev–Trinajstić information content (AvgIpc) is 3.02. The molecule has 2 heterocycles. The number of rotatable bonds is 11. The molecule has 1 aromatic heterocycles. The summed E-state index contributed by atoms with van der Waals surface area (Å²) >= 11 is 0. The number of hydrogen-bond donors (Lipinski definition) is 3. The van der Waals surface area contributed by atoms with E-state index in [1.54, 1.807) is 12.1 Å². The second-order valence-electron chi connectivity index (χ2n) is 10.0. The van der Waals surface area contributed by atoms with Crippen molar-refractivity contribution in [2.75, 3.05) is 26.9 Å². The lowest BCUT2D eigenvalue weighted by molar-refractivity contribution is -0.151. The maximum absolute atomic E-state index is 13.7. The molecule has 4 rings (SSSR count). The summed E-state index contributed by atoms with van der Waals surface area (Å²) in [4.78, 5) is 33.8. The number of nitrogens with one attached hydrogen (secondary N) is 2. The van der Waals surface area contributed by atoms with Crippen molar-refractivity contribution in [1.82, 2.24) is 20.6 Å². The highest BCUT2D eigenvalue weighted by molar-refractivity contribution is 7.86. The summed E-state index contributed by atoms with van der Waals surface area (Å²) in [5.41, 5.74) is 1.40. The third-order valence-corrected chi connectivity index (χ3v) is 7.80. The van der Waals surface area contributed by atoms with Gasteiger partial charge in [-0.05, 0) is 49.7 Å². The van der Waals surface area contributed by atoms with E-state index in [9.17, 15) is 27.6 Å². The monoisotopic (exact) mass is 645 g/mol. The molecule has 0 radical (unpaired) electrons. The number of halogens is 1. The minimum Gasteiger partial charge on any atom is -0.494 e. The van der Waals surface area contributed by atoms with Gasteiger partial charge >= 0.3 is 0 Å². The van der Waals surface area contributed by atoms with E-state index in [1.807, 2.05) is 6.92 Å². The summed E-state index contributed by atoms with van der Waals surface area (Å²) in [5.74, 6) is -1.85. The normalized spacial score (nSPS) is 17.0. The Morgan fingerprint density at radius 1 is 1.04 bits per heavy atom. The summed E-state index contributed by atoms with van der Waals surface area (Å²) in [7, 11) is -2.64. The van der Waals surface area contributed by atoms with Crippen LogP contribution in [-0.4, -0.2) is 80.4 Å². The van der Waals surface area contributed by atoms with Crippen molar-refractivity contribution >= 4 is 27.8 Å². The van der Waals surface area contributed by atoms with Crippen molar-refractivity contribution in [3.63, 3.8) is 0 Å². The molecule has 3 aromatic rings. The summed E-state index contributed by atoms with van der Waals surface area (Å²) in [6.45, 7) is 3.10. The third kappa shape index (κ3) is 9.24. The number of nitrogens with zero attached hydrogens (tertiary/aromatic N) is 3. The molecule has 16 heteroatoms. The van der Waals surface area contributed by atoms with Gasteiger partial charge < -0.3 is 30.1 Å². The Bertz CT molecular complexity index is 1660. The van der Waals surface area contributed by atoms with Crippen LogP contribution in [0, 0.1) is 19.7 Å². The number of carbonyl (C=O) groups excluding carboxylic acids is 2. The molecule has 1 saturated heterocycles. The largest absolute Gasteiger partial charge is 0.494 e. The van der Waals surface area contributed by atoms with Gasteiger partial charge in [0, 0.05) is 6.54 Å². The number of ether oxygens (including phenoxy) is 3. The molecule has 3 N–H and O–H groups in total. The van der Waals surface area contributed by atoms with Gasteiger partial charge in [0.15, 0.2) is 17.4 Å². The van der Waals surface area contributed by atoms with Crippen molar-refractivity contribution in [3.8, 4) is 5.75 Å². The van der Waals surface area contributed by atoms with E-state index < -0.39 is 40.0 Å². The van der Waals surface area contributed by atoms with Crippen molar-refractivity contribution in [2.24, 2.45) is 5.16 Å². The molecule has 2 amide bonds. The summed E-state index contributed by atoms with van der Waals surface area (Å²) in [6, 6.07) is 11.6. The molecule has 240 valence electrons. The lowest BCUT2D eigenvalue weighted by atomic mass is 10.2. The van der Waals surface area contributed by atoms with Crippen LogP contribution in [0.5, 0.6) is 5.75 Å². The Kier molecular flexibility index (Phi) is 11.1. The maximum Gasteiger partial charge on any atom is 0.297 e. The standard InChI is InChI=1S/C29H32FN5O9S/c1-17-4-7-22(8-5-17)45(39,40)44-16-21-15-42-20(14-43-21)11-27(36)34-28(35-38)24-12-25(33-18(2)32-24)29(37)31-13-19-6-9-23(30)26(10-19)41-3/h4-10,12,20-21,38H,11,13-16H2,1-3H3,(H,31,37)(H,34,35,36)/t20-,21-/m0/s1. The Balaban J connectivity index is 1.27. The van der Waals surface area contributed by atoms with Crippen molar-refractivity contribution in [2.45, 2.75) is 43.9 Å². The van der Waals surface area contributed by atoms with Crippen LogP contribution in [0.2, 0.25) is 0 Å². The van der Waals surface area contributed by atoms with Crippen LogP contribution in [0.25, 0.3) is 0 Å².